The topological polar surface area (TPSA) is 103 Å². The van der Waals surface area contributed by atoms with Crippen molar-refractivity contribution in [3.63, 3.8) is 0 Å². The lowest BCUT2D eigenvalue weighted by Gasteiger charge is -2.27. The van der Waals surface area contributed by atoms with E-state index < -0.39 is 6.04 Å². The summed E-state index contributed by atoms with van der Waals surface area (Å²) in [6.45, 7) is 2.12. The van der Waals surface area contributed by atoms with Crippen LogP contribution in [0.2, 0.25) is 0 Å². The molecule has 8 heteroatoms. The number of nitrogens with one attached hydrogen (secondary N) is 2. The summed E-state index contributed by atoms with van der Waals surface area (Å²) in [6.07, 6.45) is 0.788. The van der Waals surface area contributed by atoms with E-state index in [0.717, 1.165) is 16.9 Å². The van der Waals surface area contributed by atoms with Crippen LogP contribution >= 0.6 is 0 Å². The van der Waals surface area contributed by atoms with E-state index >= 15 is 0 Å². The molecule has 2 unspecified atom stereocenters. The van der Waals surface area contributed by atoms with Gasteiger partial charge < -0.3 is 20.1 Å². The predicted molar refractivity (Wildman–Crippen MR) is 112 cm³/mol. The molecule has 156 valence electrons. The van der Waals surface area contributed by atoms with Crippen molar-refractivity contribution in [2.75, 3.05) is 11.9 Å². The summed E-state index contributed by atoms with van der Waals surface area (Å²) in [6, 6.07) is 14.3. The van der Waals surface area contributed by atoms with Gasteiger partial charge in [0.2, 0.25) is 11.9 Å². The number of hydrogen-bond donors (Lipinski definition) is 3. The monoisotopic (exact) mass is 408 g/mol. The lowest BCUT2D eigenvalue weighted by Crippen LogP contribution is -2.39. The Hall–Kier alpha value is -3.39. The van der Waals surface area contributed by atoms with Gasteiger partial charge in [0.25, 0.3) is 5.91 Å². The number of aliphatic imine (C=N–C) groups is 1. The highest BCUT2D eigenvalue weighted by atomic mass is 16.5. The number of hydrogen-bond acceptors (Lipinski definition) is 6. The van der Waals surface area contributed by atoms with Crippen molar-refractivity contribution in [2.24, 2.45) is 4.99 Å². The minimum atomic E-state index is -0.622. The fourth-order valence-corrected chi connectivity index (χ4v) is 3.55. The highest BCUT2D eigenvalue weighted by Crippen LogP contribution is 2.32. The molecule has 1 saturated heterocycles. The summed E-state index contributed by atoms with van der Waals surface area (Å²) < 4.78 is 5.99. The largest absolute Gasteiger partial charge is 0.491 e. The number of aliphatic hydroxyl groups is 1. The zero-order valence-electron chi connectivity index (χ0n) is 16.7. The van der Waals surface area contributed by atoms with Gasteiger partial charge in [-0.15, -0.1) is 0 Å². The third-order valence-corrected chi connectivity index (χ3v) is 5.15. The Labute approximate surface area is 174 Å². The van der Waals surface area contributed by atoms with Crippen LogP contribution in [-0.2, 0) is 16.1 Å². The fraction of sp³-hybridized carbons (Fsp3) is 0.318. The van der Waals surface area contributed by atoms with Gasteiger partial charge in [0.15, 0.2) is 0 Å². The van der Waals surface area contributed by atoms with Gasteiger partial charge in [-0.3, -0.25) is 14.9 Å². The van der Waals surface area contributed by atoms with Gasteiger partial charge in [0.1, 0.15) is 11.8 Å². The summed E-state index contributed by atoms with van der Waals surface area (Å²) in [5, 5.41) is 15.0. The number of ether oxygens (including phenoxy) is 1. The number of fused-ring (bicyclic) bond motifs is 2. The molecule has 0 aliphatic carbocycles. The SMILES string of the molecule is CC(CCC(=O)Nc1ccccc1)Oc1ccc2c(c1)CN1C(=N2)NC(=O)C1CO. The van der Waals surface area contributed by atoms with Gasteiger partial charge in [-0.25, -0.2) is 4.99 Å². The number of carbonyl (C=O) groups is 2. The van der Waals surface area contributed by atoms with E-state index in [1.807, 2.05) is 55.5 Å². The van der Waals surface area contributed by atoms with Crippen LogP contribution in [-0.4, -0.2) is 46.5 Å². The number of anilines is 1. The molecule has 2 amide bonds. The molecule has 2 heterocycles. The third-order valence-electron chi connectivity index (χ3n) is 5.15. The van der Waals surface area contributed by atoms with Crippen molar-refractivity contribution < 1.29 is 19.4 Å². The lowest BCUT2D eigenvalue weighted by atomic mass is 10.1. The molecule has 0 spiro atoms. The first kappa shape index (κ1) is 19.9. The smallest absolute Gasteiger partial charge is 0.251 e. The van der Waals surface area contributed by atoms with Gasteiger partial charge >= 0.3 is 0 Å². The normalized spacial score (nSPS) is 18.1. The van der Waals surface area contributed by atoms with Crippen LogP contribution in [0.25, 0.3) is 0 Å². The summed E-state index contributed by atoms with van der Waals surface area (Å²) in [5.74, 6) is 0.855. The molecule has 8 nitrogen and oxygen atoms in total. The molecule has 0 aromatic heterocycles. The first-order valence-corrected chi connectivity index (χ1v) is 9.95. The van der Waals surface area contributed by atoms with Crippen molar-refractivity contribution in [3.05, 3.63) is 54.1 Å². The number of aliphatic hydroxyl groups excluding tert-OH is 1. The van der Waals surface area contributed by atoms with Gasteiger partial charge in [0, 0.05) is 24.2 Å². The molecule has 2 aliphatic rings. The zero-order chi connectivity index (χ0) is 21.1. The number of para-hydroxylation sites is 1. The maximum absolute atomic E-state index is 12.1. The first-order valence-electron chi connectivity index (χ1n) is 9.95. The van der Waals surface area contributed by atoms with E-state index in [-0.39, 0.29) is 24.5 Å². The fourth-order valence-electron chi connectivity index (χ4n) is 3.55. The van der Waals surface area contributed by atoms with Crippen LogP contribution < -0.4 is 15.4 Å². The zero-order valence-corrected chi connectivity index (χ0v) is 16.7. The van der Waals surface area contributed by atoms with Crippen LogP contribution in [0.4, 0.5) is 11.4 Å². The lowest BCUT2D eigenvalue weighted by molar-refractivity contribution is -0.122. The maximum atomic E-state index is 12.1. The average Bonchev–Trinajstić information content (AvgIpc) is 3.05. The van der Waals surface area contributed by atoms with E-state index in [4.69, 9.17) is 4.74 Å². The molecule has 2 aromatic carbocycles. The number of guanidine groups is 1. The van der Waals surface area contributed by atoms with Crippen LogP contribution in [0.5, 0.6) is 5.75 Å². The standard InChI is InChI=1S/C22H24N4O4/c1-14(7-10-20(28)23-16-5-3-2-4-6-16)30-17-8-9-18-15(11-17)12-26-19(13-27)21(29)25-22(26)24-18/h2-6,8-9,11,14,19,27H,7,10,12-13H2,1H3,(H,23,28)(H,24,25,29). The maximum Gasteiger partial charge on any atom is 0.251 e. The Bertz CT molecular complexity index is 976. The molecule has 0 radical (unpaired) electrons. The molecular weight excluding hydrogens is 384 g/mol. The minimum Gasteiger partial charge on any atom is -0.491 e. The molecule has 0 saturated carbocycles. The van der Waals surface area contributed by atoms with Crippen molar-refractivity contribution in [1.29, 1.82) is 0 Å². The summed E-state index contributed by atoms with van der Waals surface area (Å²) in [4.78, 5) is 30.3. The Morgan fingerprint density at radius 1 is 1.33 bits per heavy atom. The Kier molecular flexibility index (Phi) is 5.67. The van der Waals surface area contributed by atoms with Crippen molar-refractivity contribution in [3.8, 4) is 5.75 Å². The quantitative estimate of drug-likeness (QED) is 0.652. The Morgan fingerprint density at radius 3 is 2.90 bits per heavy atom. The molecular formula is C22H24N4O4. The van der Waals surface area contributed by atoms with E-state index in [1.54, 1.807) is 4.90 Å². The molecule has 3 N–H and O–H groups in total. The van der Waals surface area contributed by atoms with Crippen LogP contribution in [0.3, 0.4) is 0 Å². The van der Waals surface area contributed by atoms with Crippen molar-refractivity contribution in [1.82, 2.24) is 10.2 Å². The third kappa shape index (κ3) is 4.28. The van der Waals surface area contributed by atoms with Gasteiger partial charge in [-0.2, -0.15) is 0 Å². The average molecular weight is 408 g/mol. The van der Waals surface area contributed by atoms with Crippen LogP contribution in [0.1, 0.15) is 25.3 Å². The predicted octanol–water partition coefficient (Wildman–Crippen LogP) is 2.17. The molecule has 30 heavy (non-hydrogen) atoms. The van der Waals surface area contributed by atoms with Gasteiger partial charge in [-0.1, -0.05) is 18.2 Å². The Morgan fingerprint density at radius 2 is 2.13 bits per heavy atom. The number of benzene rings is 2. The van der Waals surface area contributed by atoms with Crippen molar-refractivity contribution in [2.45, 2.75) is 38.5 Å². The number of rotatable bonds is 7. The highest BCUT2D eigenvalue weighted by molar-refractivity contribution is 6.07. The van der Waals surface area contributed by atoms with E-state index in [1.165, 1.54) is 0 Å². The van der Waals surface area contributed by atoms with Gasteiger partial charge in [0.05, 0.1) is 18.4 Å². The molecule has 2 aromatic rings. The number of carbonyl (C=O) groups excluding carboxylic acids is 2. The second kappa shape index (κ2) is 8.54. The molecule has 2 atom stereocenters. The van der Waals surface area contributed by atoms with E-state index in [0.29, 0.717) is 31.1 Å². The van der Waals surface area contributed by atoms with Crippen LogP contribution in [0.15, 0.2) is 53.5 Å². The minimum absolute atomic E-state index is 0.0507. The van der Waals surface area contributed by atoms with Crippen LogP contribution in [0, 0.1) is 0 Å². The Balaban J connectivity index is 1.34. The molecule has 1 fully saturated rings. The molecule has 2 aliphatic heterocycles. The number of amides is 2. The van der Waals surface area contributed by atoms with E-state index in [9.17, 15) is 14.7 Å². The second-order valence-electron chi connectivity index (χ2n) is 7.42. The summed E-state index contributed by atoms with van der Waals surface area (Å²) >= 11 is 0. The molecule has 4 rings (SSSR count). The summed E-state index contributed by atoms with van der Waals surface area (Å²) in [5.41, 5.74) is 2.46. The van der Waals surface area contributed by atoms with E-state index in [2.05, 4.69) is 15.6 Å². The molecule has 0 bridgehead atoms. The highest BCUT2D eigenvalue weighted by Gasteiger charge is 2.38. The van der Waals surface area contributed by atoms with Gasteiger partial charge in [-0.05, 0) is 43.7 Å². The second-order valence-corrected chi connectivity index (χ2v) is 7.42. The van der Waals surface area contributed by atoms with Crippen molar-refractivity contribution >= 4 is 29.1 Å². The summed E-state index contributed by atoms with van der Waals surface area (Å²) in [7, 11) is 0. The first-order chi connectivity index (χ1) is 14.5. The number of nitrogens with zero attached hydrogens (tertiary/aromatic N) is 2.